The molecule has 0 saturated carbocycles. The number of allylic oxidation sites excluding steroid dienone is 2. The Balaban J connectivity index is 1.59. The maximum atomic E-state index is 12.6. The van der Waals surface area contributed by atoms with Gasteiger partial charge >= 0.3 is 0 Å². The van der Waals surface area contributed by atoms with Crippen LogP contribution in [0.25, 0.3) is 26.8 Å². The van der Waals surface area contributed by atoms with Crippen molar-refractivity contribution >= 4 is 43.4 Å². The highest BCUT2D eigenvalue weighted by Crippen LogP contribution is 2.35. The number of nitrogens with one attached hydrogen (secondary N) is 1. The van der Waals surface area contributed by atoms with Crippen LogP contribution < -0.4 is 9.62 Å². The number of nitriles is 1. The van der Waals surface area contributed by atoms with Gasteiger partial charge in [0, 0.05) is 35.1 Å². The van der Waals surface area contributed by atoms with E-state index in [1.54, 1.807) is 13.0 Å². The molecule has 0 bridgehead atoms. The van der Waals surface area contributed by atoms with Crippen molar-refractivity contribution in [1.29, 1.82) is 5.26 Å². The molecule has 2 heterocycles. The quantitative estimate of drug-likeness (QED) is 0.393. The van der Waals surface area contributed by atoms with Gasteiger partial charge in [0.1, 0.15) is 6.07 Å². The van der Waals surface area contributed by atoms with E-state index in [4.69, 9.17) is 5.11 Å². The van der Waals surface area contributed by atoms with Gasteiger partial charge in [-0.05, 0) is 78.4 Å². The summed E-state index contributed by atoms with van der Waals surface area (Å²) in [5.41, 5.74) is 2.62. The monoisotopic (exact) mass is 511 g/mol. The van der Waals surface area contributed by atoms with Gasteiger partial charge < -0.3 is 15.1 Å². The number of aliphatic hydroxyl groups excluding tert-OH is 2. The number of hydrogen-bond acceptors (Lipinski definition) is 7. The van der Waals surface area contributed by atoms with E-state index in [1.807, 2.05) is 12.1 Å². The molecule has 2 aromatic carbocycles. The average Bonchev–Trinajstić information content (AvgIpc) is 3.38. The minimum absolute atomic E-state index is 0.335. The maximum Gasteiger partial charge on any atom is 0.251 e. The highest BCUT2D eigenvalue weighted by Gasteiger charge is 2.23. The van der Waals surface area contributed by atoms with Crippen molar-refractivity contribution in [3.63, 3.8) is 0 Å². The first-order valence-corrected chi connectivity index (χ1v) is 13.9. The highest BCUT2D eigenvalue weighted by atomic mass is 32.2. The lowest BCUT2D eigenvalue weighted by molar-refractivity contribution is 0.0989. The number of nitrogens with zero attached hydrogens (tertiary/aromatic N) is 2. The summed E-state index contributed by atoms with van der Waals surface area (Å²) in [5, 5.41) is 30.2. The van der Waals surface area contributed by atoms with Gasteiger partial charge in [-0.2, -0.15) is 5.26 Å². The molecule has 0 radical (unpaired) electrons. The van der Waals surface area contributed by atoms with Crippen LogP contribution in [0.2, 0.25) is 0 Å². The van der Waals surface area contributed by atoms with Crippen molar-refractivity contribution in [2.45, 2.75) is 32.3 Å². The Labute approximate surface area is 210 Å². The smallest absolute Gasteiger partial charge is 0.251 e. The third kappa shape index (κ3) is 5.74. The number of fused-ring (bicyclic) bond motifs is 1. The molecule has 1 unspecified atom stereocenters. The molecular formula is C26H29N3O4S2. The zero-order valence-corrected chi connectivity index (χ0v) is 21.2. The second-order valence-electron chi connectivity index (χ2n) is 8.71. The number of sulfonamides is 1. The average molecular weight is 512 g/mol. The van der Waals surface area contributed by atoms with Crippen LogP contribution in [0, 0.1) is 11.3 Å². The van der Waals surface area contributed by atoms with Crippen molar-refractivity contribution in [2.24, 2.45) is 0 Å². The summed E-state index contributed by atoms with van der Waals surface area (Å²) >= 11 is 1.42. The minimum atomic E-state index is -4.12. The predicted molar refractivity (Wildman–Crippen MR) is 142 cm³/mol. The van der Waals surface area contributed by atoms with E-state index < -0.39 is 27.6 Å². The van der Waals surface area contributed by atoms with E-state index in [-0.39, 0.29) is 6.54 Å². The molecule has 3 aromatic rings. The second-order valence-corrected chi connectivity index (χ2v) is 11.5. The van der Waals surface area contributed by atoms with Gasteiger partial charge in [-0.3, -0.25) is 0 Å². The molecule has 0 aliphatic carbocycles. The fourth-order valence-corrected chi connectivity index (χ4v) is 6.49. The van der Waals surface area contributed by atoms with Crippen LogP contribution >= 0.6 is 11.3 Å². The lowest BCUT2D eigenvalue weighted by atomic mass is 10.0. The van der Waals surface area contributed by atoms with Crippen LogP contribution in [0.4, 0.5) is 5.69 Å². The molecule has 1 atom stereocenters. The normalized spacial score (nSPS) is 16.1. The molecular weight excluding hydrogens is 482 g/mol. The first kappa shape index (κ1) is 25.4. The van der Waals surface area contributed by atoms with Crippen LogP contribution in [0.1, 0.15) is 31.1 Å². The standard InChI is InChI=1S/C26H29N3O4S2/c1-18(26(15-27)35(32,33)28-16-23(31)17-30)24-9-10-25(34-24)21-6-5-20-14-22(8-7-19(20)13-21)29-11-3-2-4-12-29/h5-10,13-14,23,28,30-31H,2-4,11-12,16-17H2,1H3. The largest absolute Gasteiger partial charge is 0.394 e. The SMILES string of the molecule is CC(=C(C#N)S(=O)(=O)NCC(O)CO)c1ccc(-c2ccc3cc(N4CCCCC4)ccc3c2)s1. The molecule has 0 spiro atoms. The lowest BCUT2D eigenvalue weighted by Crippen LogP contribution is -2.34. The van der Waals surface area contributed by atoms with Gasteiger partial charge in [-0.15, -0.1) is 11.3 Å². The Morgan fingerprint density at radius 3 is 2.54 bits per heavy atom. The molecule has 184 valence electrons. The topological polar surface area (TPSA) is 114 Å². The Bertz CT molecular complexity index is 1380. The van der Waals surface area contributed by atoms with Gasteiger partial charge in [0.05, 0.1) is 12.7 Å². The fraction of sp³-hybridized carbons (Fsp3) is 0.346. The molecule has 4 rings (SSSR count). The molecule has 7 nitrogen and oxygen atoms in total. The lowest BCUT2D eigenvalue weighted by Gasteiger charge is -2.29. The molecule has 1 saturated heterocycles. The van der Waals surface area contributed by atoms with E-state index in [2.05, 4.69) is 46.0 Å². The van der Waals surface area contributed by atoms with Crippen molar-refractivity contribution in [1.82, 2.24) is 4.72 Å². The zero-order valence-electron chi connectivity index (χ0n) is 19.6. The van der Waals surface area contributed by atoms with Crippen LogP contribution in [0.5, 0.6) is 0 Å². The zero-order chi connectivity index (χ0) is 25.0. The maximum absolute atomic E-state index is 12.6. The first-order chi connectivity index (χ1) is 16.8. The molecule has 1 fully saturated rings. The second kappa shape index (κ2) is 10.9. The van der Waals surface area contributed by atoms with Gasteiger partial charge in [0.15, 0.2) is 4.91 Å². The van der Waals surface area contributed by atoms with Crippen molar-refractivity contribution in [3.8, 4) is 16.5 Å². The van der Waals surface area contributed by atoms with Crippen LogP contribution in [0.3, 0.4) is 0 Å². The molecule has 9 heteroatoms. The van der Waals surface area contributed by atoms with Crippen molar-refractivity contribution in [3.05, 3.63) is 58.3 Å². The molecule has 1 aliphatic heterocycles. The minimum Gasteiger partial charge on any atom is -0.394 e. The van der Waals surface area contributed by atoms with Crippen molar-refractivity contribution in [2.75, 3.05) is 31.1 Å². The molecule has 1 aliphatic rings. The van der Waals surface area contributed by atoms with E-state index in [0.717, 1.165) is 28.9 Å². The van der Waals surface area contributed by atoms with Crippen LogP contribution in [-0.2, 0) is 10.0 Å². The number of anilines is 1. The first-order valence-electron chi connectivity index (χ1n) is 11.6. The molecule has 3 N–H and O–H groups in total. The predicted octanol–water partition coefficient (Wildman–Crippen LogP) is 4.09. The van der Waals surface area contributed by atoms with Crippen molar-refractivity contribution < 1.29 is 18.6 Å². The number of piperidine rings is 1. The summed E-state index contributed by atoms with van der Waals surface area (Å²) in [4.78, 5) is 3.68. The van der Waals surface area contributed by atoms with E-state index in [9.17, 15) is 18.8 Å². The van der Waals surface area contributed by atoms with E-state index in [0.29, 0.717) is 10.5 Å². The summed E-state index contributed by atoms with van der Waals surface area (Å²) in [6, 6.07) is 18.4. The van der Waals surface area contributed by atoms with Gasteiger partial charge in [0.2, 0.25) is 0 Å². The van der Waals surface area contributed by atoms with E-state index >= 15 is 0 Å². The number of thiophene rings is 1. The van der Waals surface area contributed by atoms with Crippen LogP contribution in [0.15, 0.2) is 53.4 Å². The molecule has 35 heavy (non-hydrogen) atoms. The number of benzene rings is 2. The Morgan fingerprint density at radius 2 is 1.83 bits per heavy atom. The summed E-state index contributed by atoms with van der Waals surface area (Å²) in [6.07, 6.45) is 2.54. The van der Waals surface area contributed by atoms with Gasteiger partial charge in [0.25, 0.3) is 10.0 Å². The third-order valence-corrected chi connectivity index (χ3v) is 8.97. The summed E-state index contributed by atoms with van der Waals surface area (Å²) in [7, 11) is -4.12. The Hall–Kier alpha value is -2.74. The molecule has 0 amide bonds. The van der Waals surface area contributed by atoms with Gasteiger partial charge in [-0.25, -0.2) is 13.1 Å². The summed E-state index contributed by atoms with van der Waals surface area (Å²) in [6.45, 7) is 2.85. The summed E-state index contributed by atoms with van der Waals surface area (Å²) < 4.78 is 27.3. The summed E-state index contributed by atoms with van der Waals surface area (Å²) in [5.74, 6) is 0. The Morgan fingerprint density at radius 1 is 1.11 bits per heavy atom. The molecule has 1 aromatic heterocycles. The number of hydrogen-bond donors (Lipinski definition) is 3. The van der Waals surface area contributed by atoms with E-state index in [1.165, 1.54) is 41.7 Å². The number of aliphatic hydroxyl groups is 2. The van der Waals surface area contributed by atoms with Gasteiger partial charge in [-0.1, -0.05) is 18.2 Å². The highest BCUT2D eigenvalue weighted by molar-refractivity contribution is 7.93. The Kier molecular flexibility index (Phi) is 7.89. The number of rotatable bonds is 8. The third-order valence-electron chi connectivity index (χ3n) is 6.24. The fourth-order valence-electron chi connectivity index (χ4n) is 4.23. The van der Waals surface area contributed by atoms with Crippen LogP contribution in [-0.4, -0.2) is 51.0 Å².